The van der Waals surface area contributed by atoms with Crippen LogP contribution in [0.15, 0.2) is 64.8 Å². The van der Waals surface area contributed by atoms with Crippen molar-refractivity contribution in [1.29, 1.82) is 0 Å². The molecule has 1 N–H and O–H groups in total. The molecular weight excluding hydrogens is 354 g/mol. The van der Waals surface area contributed by atoms with Crippen LogP contribution >= 0.6 is 11.3 Å². The lowest BCUT2D eigenvalue weighted by Crippen LogP contribution is -2.22. The second-order valence-electron chi connectivity index (χ2n) is 6.81. The maximum Gasteiger partial charge on any atom is 0.260 e. The van der Waals surface area contributed by atoms with E-state index in [1.54, 1.807) is 0 Å². The monoisotopic (exact) mass is 375 g/mol. The predicted octanol–water partition coefficient (Wildman–Crippen LogP) is 4.59. The summed E-state index contributed by atoms with van der Waals surface area (Å²) < 4.78 is 0. The fourth-order valence-electron chi connectivity index (χ4n) is 3.29. The molecule has 0 bridgehead atoms. The van der Waals surface area contributed by atoms with E-state index in [0.717, 1.165) is 22.5 Å². The van der Waals surface area contributed by atoms with Crippen molar-refractivity contribution < 1.29 is 0 Å². The van der Waals surface area contributed by atoms with E-state index in [4.69, 9.17) is 4.98 Å². The number of thiophene rings is 1. The van der Waals surface area contributed by atoms with Gasteiger partial charge in [-0.2, -0.15) is 0 Å². The van der Waals surface area contributed by atoms with Crippen molar-refractivity contribution >= 4 is 21.6 Å². The minimum atomic E-state index is -0.0700. The lowest BCUT2D eigenvalue weighted by molar-refractivity contribution is 0.310. The molecule has 5 heteroatoms. The molecule has 0 aliphatic heterocycles. The maximum absolute atomic E-state index is 12.7. The SMILES string of the molecule is Cc1ccccc1CN(C)Cc1nc2scc(-c3ccccc3)c2c(=O)[nH]1. The number of nitrogens with one attached hydrogen (secondary N) is 1. The zero-order valence-electron chi connectivity index (χ0n) is 15.4. The van der Waals surface area contributed by atoms with E-state index in [-0.39, 0.29) is 5.56 Å². The van der Waals surface area contributed by atoms with Crippen molar-refractivity contribution in [3.8, 4) is 11.1 Å². The van der Waals surface area contributed by atoms with Crippen molar-refractivity contribution in [2.75, 3.05) is 7.05 Å². The van der Waals surface area contributed by atoms with Crippen molar-refractivity contribution in [3.63, 3.8) is 0 Å². The van der Waals surface area contributed by atoms with Crippen LogP contribution in [0.4, 0.5) is 0 Å². The third-order valence-electron chi connectivity index (χ3n) is 4.70. The van der Waals surface area contributed by atoms with Crippen LogP contribution in [0.1, 0.15) is 17.0 Å². The van der Waals surface area contributed by atoms with Gasteiger partial charge in [0.05, 0.1) is 11.9 Å². The molecule has 27 heavy (non-hydrogen) atoms. The zero-order chi connectivity index (χ0) is 18.8. The first-order valence-corrected chi connectivity index (χ1v) is 9.78. The van der Waals surface area contributed by atoms with Crippen LogP contribution in [0.2, 0.25) is 0 Å². The van der Waals surface area contributed by atoms with Crippen molar-refractivity contribution in [2.45, 2.75) is 20.0 Å². The Morgan fingerprint density at radius 2 is 1.78 bits per heavy atom. The van der Waals surface area contributed by atoms with Crippen LogP contribution in [0.3, 0.4) is 0 Å². The van der Waals surface area contributed by atoms with Gasteiger partial charge in [0, 0.05) is 17.5 Å². The quantitative estimate of drug-likeness (QED) is 0.555. The Labute approximate surface area is 162 Å². The van der Waals surface area contributed by atoms with E-state index in [1.165, 1.54) is 22.5 Å². The van der Waals surface area contributed by atoms with Gasteiger partial charge >= 0.3 is 0 Å². The van der Waals surface area contributed by atoms with Gasteiger partial charge in [0.15, 0.2) is 0 Å². The first kappa shape index (κ1) is 17.6. The molecule has 0 spiro atoms. The Morgan fingerprint density at radius 1 is 1.04 bits per heavy atom. The third kappa shape index (κ3) is 3.70. The van der Waals surface area contributed by atoms with Crippen molar-refractivity contribution in [3.05, 3.63) is 87.3 Å². The molecular formula is C22H21N3OS. The van der Waals surface area contributed by atoms with Crippen LogP contribution < -0.4 is 5.56 Å². The third-order valence-corrected chi connectivity index (χ3v) is 5.57. The molecule has 0 atom stereocenters. The Morgan fingerprint density at radius 3 is 2.56 bits per heavy atom. The maximum atomic E-state index is 12.7. The summed E-state index contributed by atoms with van der Waals surface area (Å²) in [7, 11) is 2.04. The minimum absolute atomic E-state index is 0.0700. The number of fused-ring (bicyclic) bond motifs is 1. The summed E-state index contributed by atoms with van der Waals surface area (Å²) in [4.78, 5) is 23.4. The molecule has 0 aliphatic carbocycles. The first-order valence-electron chi connectivity index (χ1n) is 8.90. The summed E-state index contributed by atoms with van der Waals surface area (Å²) >= 11 is 1.52. The van der Waals surface area contributed by atoms with Crippen LogP contribution in [0, 0.1) is 6.92 Å². The molecule has 2 aromatic heterocycles. The van der Waals surface area contributed by atoms with Crippen LogP contribution in [-0.4, -0.2) is 21.9 Å². The van der Waals surface area contributed by atoms with Crippen molar-refractivity contribution in [1.82, 2.24) is 14.9 Å². The standard InChI is InChI=1S/C22H21N3OS/c1-15-8-6-7-11-17(15)12-25(2)13-19-23-21(26)20-18(14-27-22(20)24-19)16-9-4-3-5-10-16/h3-11,14H,12-13H2,1-2H3,(H,23,24,26). The molecule has 0 saturated carbocycles. The first-order chi connectivity index (χ1) is 13.1. The highest BCUT2D eigenvalue weighted by Gasteiger charge is 2.14. The Kier molecular flexibility index (Phi) is 4.88. The van der Waals surface area contributed by atoms with E-state index in [2.05, 4.69) is 35.0 Å². The number of benzene rings is 2. The lowest BCUT2D eigenvalue weighted by Gasteiger charge is -2.17. The average molecular weight is 375 g/mol. The van der Waals surface area contributed by atoms with Gasteiger partial charge in [-0.05, 0) is 30.7 Å². The molecule has 4 aromatic rings. The molecule has 0 aliphatic rings. The van der Waals surface area contributed by atoms with Gasteiger partial charge in [-0.15, -0.1) is 11.3 Å². The molecule has 0 saturated heterocycles. The van der Waals surface area contributed by atoms with Crippen LogP contribution in [0.5, 0.6) is 0 Å². The molecule has 2 heterocycles. The van der Waals surface area contributed by atoms with Gasteiger partial charge in [0.2, 0.25) is 0 Å². The molecule has 2 aromatic carbocycles. The number of nitrogens with zero attached hydrogens (tertiary/aromatic N) is 2. The largest absolute Gasteiger partial charge is 0.309 e. The van der Waals surface area contributed by atoms with Gasteiger partial charge in [-0.25, -0.2) is 4.98 Å². The summed E-state index contributed by atoms with van der Waals surface area (Å²) in [6.07, 6.45) is 0. The van der Waals surface area contributed by atoms with E-state index in [0.29, 0.717) is 17.8 Å². The molecule has 4 nitrogen and oxygen atoms in total. The highest BCUT2D eigenvalue weighted by atomic mass is 32.1. The molecule has 0 unspecified atom stereocenters. The molecule has 136 valence electrons. The Bertz CT molecular complexity index is 1130. The lowest BCUT2D eigenvalue weighted by atomic mass is 10.1. The average Bonchev–Trinajstić information content (AvgIpc) is 3.09. The summed E-state index contributed by atoms with van der Waals surface area (Å²) in [5.41, 5.74) is 4.47. The Hall–Kier alpha value is -2.76. The Balaban J connectivity index is 1.61. The molecule has 0 fully saturated rings. The molecule has 0 amide bonds. The number of H-pyrrole nitrogens is 1. The summed E-state index contributed by atoms with van der Waals surface area (Å²) in [6.45, 7) is 3.53. The van der Waals surface area contributed by atoms with Crippen LogP contribution in [0.25, 0.3) is 21.3 Å². The number of hydrogen-bond acceptors (Lipinski definition) is 4. The zero-order valence-corrected chi connectivity index (χ0v) is 16.2. The summed E-state index contributed by atoms with van der Waals surface area (Å²) in [6, 6.07) is 18.3. The second-order valence-corrected chi connectivity index (χ2v) is 7.67. The van der Waals surface area contributed by atoms with Gasteiger partial charge < -0.3 is 4.98 Å². The number of aromatic nitrogens is 2. The molecule has 4 rings (SSSR count). The number of rotatable bonds is 5. The minimum Gasteiger partial charge on any atom is -0.309 e. The van der Waals surface area contributed by atoms with E-state index < -0.39 is 0 Å². The van der Waals surface area contributed by atoms with Crippen molar-refractivity contribution in [2.24, 2.45) is 0 Å². The summed E-state index contributed by atoms with van der Waals surface area (Å²) in [5, 5.41) is 2.69. The number of hydrogen-bond donors (Lipinski definition) is 1. The molecule has 0 radical (unpaired) electrons. The number of aryl methyl sites for hydroxylation is 1. The fourth-order valence-corrected chi connectivity index (χ4v) is 4.26. The smallest absolute Gasteiger partial charge is 0.260 e. The normalized spacial score (nSPS) is 11.4. The van der Waals surface area contributed by atoms with Crippen LogP contribution in [-0.2, 0) is 13.1 Å². The van der Waals surface area contributed by atoms with E-state index in [1.807, 2.05) is 48.8 Å². The topological polar surface area (TPSA) is 49.0 Å². The van der Waals surface area contributed by atoms with Gasteiger partial charge in [0.25, 0.3) is 5.56 Å². The summed E-state index contributed by atoms with van der Waals surface area (Å²) in [5.74, 6) is 0.699. The van der Waals surface area contributed by atoms with Gasteiger partial charge in [-0.1, -0.05) is 54.6 Å². The highest BCUT2D eigenvalue weighted by molar-refractivity contribution is 7.17. The van der Waals surface area contributed by atoms with E-state index in [9.17, 15) is 4.79 Å². The highest BCUT2D eigenvalue weighted by Crippen LogP contribution is 2.30. The number of aromatic amines is 1. The fraction of sp³-hybridized carbons (Fsp3) is 0.182. The van der Waals surface area contributed by atoms with Gasteiger partial charge in [0.1, 0.15) is 10.7 Å². The second kappa shape index (κ2) is 7.47. The predicted molar refractivity (Wildman–Crippen MR) is 112 cm³/mol. The van der Waals surface area contributed by atoms with E-state index >= 15 is 0 Å². The van der Waals surface area contributed by atoms with Gasteiger partial charge in [-0.3, -0.25) is 9.69 Å².